The molecule has 3 heterocycles. The molecule has 5 rings (SSSR count). The average molecular weight is 519 g/mol. The summed E-state index contributed by atoms with van der Waals surface area (Å²) in [5.41, 5.74) is 4.15. The first-order chi connectivity index (χ1) is 16.2. The predicted octanol–water partition coefficient (Wildman–Crippen LogP) is 6.21. The van der Waals surface area contributed by atoms with Gasteiger partial charge < -0.3 is 19.5 Å². The summed E-state index contributed by atoms with van der Waals surface area (Å²) in [5, 5.41) is 4.20. The van der Waals surface area contributed by atoms with E-state index in [2.05, 4.69) is 78.3 Å². The van der Waals surface area contributed by atoms with E-state index in [0.717, 1.165) is 33.0 Å². The normalized spacial score (nSPS) is 17.8. The molecule has 2 aromatic heterocycles. The first-order valence-electron chi connectivity index (χ1n) is 10.8. The first kappa shape index (κ1) is 21.7. The zero-order valence-electron chi connectivity index (χ0n) is 18.1. The predicted molar refractivity (Wildman–Crippen MR) is 139 cm³/mol. The fourth-order valence-corrected chi connectivity index (χ4v) is 4.89. The summed E-state index contributed by atoms with van der Waals surface area (Å²) >= 11 is 9.38. The monoisotopic (exact) mass is 518 g/mol. The molecule has 0 unspecified atom stereocenters. The SMILES string of the molecule is CCOc1ccc(-n2cccc2[C@@H]2[C@@H](c3ccccn3)NC(=S)N2c2ccc(Br)cc2)cc1. The summed E-state index contributed by atoms with van der Waals surface area (Å²) in [6.07, 6.45) is 3.91. The number of halogens is 1. The summed E-state index contributed by atoms with van der Waals surface area (Å²) in [7, 11) is 0. The molecule has 0 saturated carbocycles. The van der Waals surface area contributed by atoms with Gasteiger partial charge in [0.25, 0.3) is 0 Å². The third kappa shape index (κ3) is 4.26. The average Bonchev–Trinajstić information content (AvgIpc) is 3.45. The molecule has 1 fully saturated rings. The highest BCUT2D eigenvalue weighted by molar-refractivity contribution is 9.10. The number of aromatic nitrogens is 2. The van der Waals surface area contributed by atoms with Gasteiger partial charge in [-0.25, -0.2) is 0 Å². The number of ether oxygens (including phenoxy) is 1. The number of rotatable bonds is 6. The van der Waals surface area contributed by atoms with E-state index in [0.29, 0.717) is 11.7 Å². The smallest absolute Gasteiger partial charge is 0.174 e. The molecule has 0 amide bonds. The van der Waals surface area contributed by atoms with Crippen molar-refractivity contribution in [3.63, 3.8) is 0 Å². The molecule has 1 aliphatic rings. The number of thiocarbonyl (C=S) groups is 1. The molecule has 7 heteroatoms. The van der Waals surface area contributed by atoms with E-state index in [1.807, 2.05) is 55.6 Å². The zero-order chi connectivity index (χ0) is 22.8. The van der Waals surface area contributed by atoms with Crippen LogP contribution in [0.3, 0.4) is 0 Å². The van der Waals surface area contributed by atoms with Crippen LogP contribution in [0.25, 0.3) is 5.69 Å². The highest BCUT2D eigenvalue weighted by Gasteiger charge is 2.42. The third-order valence-corrected chi connectivity index (χ3v) is 6.56. The van der Waals surface area contributed by atoms with Crippen LogP contribution >= 0.6 is 28.1 Å². The molecule has 0 radical (unpaired) electrons. The van der Waals surface area contributed by atoms with Gasteiger partial charge in [0.05, 0.1) is 18.3 Å². The van der Waals surface area contributed by atoms with E-state index >= 15 is 0 Å². The van der Waals surface area contributed by atoms with Crippen LogP contribution in [0, 0.1) is 0 Å². The van der Waals surface area contributed by atoms with E-state index in [-0.39, 0.29) is 12.1 Å². The number of nitrogens with zero attached hydrogens (tertiary/aromatic N) is 3. The standard InChI is InChI=1S/C26H23BrN4OS/c1-2-32-21-14-12-19(13-15-21)30-17-5-7-23(30)25-24(22-6-3-4-16-28-22)29-26(33)31(25)20-10-8-18(27)9-11-20/h3-17,24-25H,2H2,1H3,(H,29,33)/t24-,25-/m1/s1. The quantitative estimate of drug-likeness (QED) is 0.307. The second kappa shape index (κ2) is 9.37. The summed E-state index contributed by atoms with van der Waals surface area (Å²) in [6, 6.07) is 26.4. The molecule has 5 nitrogen and oxygen atoms in total. The van der Waals surface area contributed by atoms with E-state index in [1.54, 1.807) is 0 Å². The fourth-order valence-electron chi connectivity index (χ4n) is 4.28. The zero-order valence-corrected chi connectivity index (χ0v) is 20.5. The van der Waals surface area contributed by atoms with Crippen LogP contribution in [0.4, 0.5) is 5.69 Å². The molecule has 1 aliphatic heterocycles. The lowest BCUT2D eigenvalue weighted by atomic mass is 10.0. The van der Waals surface area contributed by atoms with E-state index in [1.165, 1.54) is 0 Å². The van der Waals surface area contributed by atoms with E-state index < -0.39 is 0 Å². The number of benzene rings is 2. The molecule has 2 atom stereocenters. The minimum absolute atomic E-state index is 0.0878. The summed E-state index contributed by atoms with van der Waals surface area (Å²) < 4.78 is 8.86. The molecule has 1 N–H and O–H groups in total. The molecule has 0 bridgehead atoms. The van der Waals surface area contributed by atoms with Gasteiger partial charge in [0, 0.05) is 33.9 Å². The lowest BCUT2D eigenvalue weighted by Gasteiger charge is -2.29. The Morgan fingerprint density at radius 2 is 1.73 bits per heavy atom. The molecule has 0 spiro atoms. The summed E-state index contributed by atoms with van der Waals surface area (Å²) in [5.74, 6) is 0.863. The molecular weight excluding hydrogens is 496 g/mol. The molecular formula is C26H23BrN4OS. The van der Waals surface area contributed by atoms with Gasteiger partial charge in [0.1, 0.15) is 11.8 Å². The Kier molecular flexibility index (Phi) is 6.15. The summed E-state index contributed by atoms with van der Waals surface area (Å²) in [6.45, 7) is 2.63. The Morgan fingerprint density at radius 3 is 2.42 bits per heavy atom. The van der Waals surface area contributed by atoms with Crippen molar-refractivity contribution in [1.29, 1.82) is 0 Å². The number of hydrogen-bond donors (Lipinski definition) is 1. The summed E-state index contributed by atoms with van der Waals surface area (Å²) in [4.78, 5) is 6.83. The van der Waals surface area contributed by atoms with Crippen LogP contribution < -0.4 is 15.0 Å². The van der Waals surface area contributed by atoms with Crippen molar-refractivity contribution in [3.05, 3.63) is 107 Å². The molecule has 1 saturated heterocycles. The minimum Gasteiger partial charge on any atom is -0.494 e. The second-order valence-electron chi connectivity index (χ2n) is 7.70. The highest BCUT2D eigenvalue weighted by atomic mass is 79.9. The van der Waals surface area contributed by atoms with Crippen molar-refractivity contribution in [1.82, 2.24) is 14.9 Å². The Hall–Kier alpha value is -3.16. The first-order valence-corrected chi connectivity index (χ1v) is 12.0. The molecule has 2 aromatic carbocycles. The highest BCUT2D eigenvalue weighted by Crippen LogP contribution is 2.42. The van der Waals surface area contributed by atoms with Gasteiger partial charge in [-0.2, -0.15) is 0 Å². The van der Waals surface area contributed by atoms with Crippen molar-refractivity contribution in [2.24, 2.45) is 0 Å². The van der Waals surface area contributed by atoms with E-state index in [9.17, 15) is 0 Å². The third-order valence-electron chi connectivity index (χ3n) is 5.71. The van der Waals surface area contributed by atoms with Crippen LogP contribution in [-0.2, 0) is 0 Å². The molecule has 166 valence electrons. The number of nitrogens with one attached hydrogen (secondary N) is 1. The van der Waals surface area contributed by atoms with Crippen molar-refractivity contribution >= 4 is 38.9 Å². The van der Waals surface area contributed by atoms with Crippen LogP contribution in [0.1, 0.15) is 30.4 Å². The maximum Gasteiger partial charge on any atom is 0.174 e. The van der Waals surface area contributed by atoms with Gasteiger partial charge in [-0.3, -0.25) is 4.98 Å². The van der Waals surface area contributed by atoms with Gasteiger partial charge in [0.2, 0.25) is 0 Å². The van der Waals surface area contributed by atoms with Crippen LogP contribution in [0.5, 0.6) is 5.75 Å². The van der Waals surface area contributed by atoms with Gasteiger partial charge >= 0.3 is 0 Å². The minimum atomic E-state index is -0.0984. The lowest BCUT2D eigenvalue weighted by molar-refractivity contribution is 0.340. The Balaban J connectivity index is 1.61. The van der Waals surface area contributed by atoms with Crippen molar-refractivity contribution in [2.75, 3.05) is 11.5 Å². The molecule has 4 aromatic rings. The fraction of sp³-hybridized carbons (Fsp3) is 0.154. The lowest BCUT2D eigenvalue weighted by Crippen LogP contribution is -2.30. The molecule has 33 heavy (non-hydrogen) atoms. The van der Waals surface area contributed by atoms with Gasteiger partial charge in [-0.1, -0.05) is 22.0 Å². The van der Waals surface area contributed by atoms with Gasteiger partial charge in [-0.05, 0) is 91.9 Å². The van der Waals surface area contributed by atoms with Crippen molar-refractivity contribution < 1.29 is 4.74 Å². The maximum absolute atomic E-state index is 5.84. The van der Waals surface area contributed by atoms with E-state index in [4.69, 9.17) is 17.0 Å². The van der Waals surface area contributed by atoms with Crippen molar-refractivity contribution in [2.45, 2.75) is 19.0 Å². The number of pyridine rings is 1. The molecule has 0 aliphatic carbocycles. The van der Waals surface area contributed by atoms with Crippen LogP contribution in [0.15, 0.2) is 95.7 Å². The van der Waals surface area contributed by atoms with Gasteiger partial charge in [0.15, 0.2) is 5.11 Å². The van der Waals surface area contributed by atoms with Crippen molar-refractivity contribution in [3.8, 4) is 11.4 Å². The Bertz CT molecular complexity index is 1240. The number of hydrogen-bond acceptors (Lipinski definition) is 3. The van der Waals surface area contributed by atoms with Crippen LogP contribution in [0.2, 0.25) is 0 Å². The topological polar surface area (TPSA) is 42.3 Å². The Morgan fingerprint density at radius 1 is 0.970 bits per heavy atom. The second-order valence-corrected chi connectivity index (χ2v) is 9.01. The Labute approximate surface area is 207 Å². The number of anilines is 1. The largest absolute Gasteiger partial charge is 0.494 e. The van der Waals surface area contributed by atoms with Crippen LogP contribution in [-0.4, -0.2) is 21.3 Å². The van der Waals surface area contributed by atoms with Gasteiger partial charge in [-0.15, -0.1) is 0 Å². The maximum atomic E-state index is 5.84.